The van der Waals surface area contributed by atoms with Gasteiger partial charge in [0.2, 0.25) is 0 Å². The van der Waals surface area contributed by atoms with Gasteiger partial charge in [0, 0.05) is 12.6 Å². The molecular formula is C13H17N5O2. The van der Waals surface area contributed by atoms with Crippen LogP contribution in [0.2, 0.25) is 0 Å². The highest BCUT2D eigenvalue weighted by atomic mass is 16.5. The van der Waals surface area contributed by atoms with E-state index in [-0.39, 0.29) is 11.9 Å². The fourth-order valence-corrected chi connectivity index (χ4v) is 2.54. The van der Waals surface area contributed by atoms with Crippen LogP contribution in [0.25, 0.3) is 0 Å². The minimum absolute atomic E-state index is 0.0459. The molecule has 1 aliphatic rings. The fraction of sp³-hybridized carbons (Fsp3) is 0.538. The first-order valence-corrected chi connectivity index (χ1v) is 6.83. The molecule has 2 aromatic rings. The van der Waals surface area contributed by atoms with E-state index in [4.69, 9.17) is 4.52 Å². The number of hydrogen-bond acceptors (Lipinski definition) is 5. The Labute approximate surface area is 116 Å². The molecule has 0 radical (unpaired) electrons. The van der Waals surface area contributed by atoms with Crippen molar-refractivity contribution in [3.05, 3.63) is 29.4 Å². The molecule has 0 saturated carbocycles. The summed E-state index contributed by atoms with van der Waals surface area (Å²) in [7, 11) is 0. The number of hydrogen-bond donors (Lipinski definition) is 0. The van der Waals surface area contributed by atoms with E-state index < -0.39 is 0 Å². The van der Waals surface area contributed by atoms with E-state index in [1.54, 1.807) is 4.90 Å². The minimum Gasteiger partial charge on any atom is -0.359 e. The van der Waals surface area contributed by atoms with Crippen LogP contribution in [0.5, 0.6) is 0 Å². The Bertz CT molecular complexity index is 618. The van der Waals surface area contributed by atoms with E-state index in [2.05, 4.69) is 15.4 Å². The van der Waals surface area contributed by atoms with Gasteiger partial charge in [0.1, 0.15) is 0 Å². The first-order valence-electron chi connectivity index (χ1n) is 6.83. The van der Waals surface area contributed by atoms with E-state index in [9.17, 15) is 4.79 Å². The molecule has 20 heavy (non-hydrogen) atoms. The summed E-state index contributed by atoms with van der Waals surface area (Å²) in [6, 6.07) is 1.84. The van der Waals surface area contributed by atoms with Crippen LogP contribution in [0.1, 0.15) is 47.7 Å². The maximum atomic E-state index is 12.5. The zero-order valence-corrected chi connectivity index (χ0v) is 11.6. The summed E-state index contributed by atoms with van der Waals surface area (Å²) in [5, 5.41) is 12.1. The average molecular weight is 275 g/mol. The van der Waals surface area contributed by atoms with Crippen LogP contribution in [0.4, 0.5) is 0 Å². The lowest BCUT2D eigenvalue weighted by Crippen LogP contribution is -2.30. The molecule has 1 fully saturated rings. The third kappa shape index (κ3) is 2.19. The second kappa shape index (κ2) is 5.07. The number of carbonyl (C=O) groups excluding carboxylic acids is 1. The van der Waals surface area contributed by atoms with Gasteiger partial charge in [-0.3, -0.25) is 4.79 Å². The van der Waals surface area contributed by atoms with Crippen molar-refractivity contribution >= 4 is 5.91 Å². The largest absolute Gasteiger partial charge is 0.359 e. The molecule has 1 saturated heterocycles. The van der Waals surface area contributed by atoms with Crippen molar-refractivity contribution in [2.45, 2.75) is 39.3 Å². The summed E-state index contributed by atoms with van der Waals surface area (Å²) in [5.41, 5.74) is 1.21. The molecule has 1 amide bonds. The fourth-order valence-electron chi connectivity index (χ4n) is 2.54. The van der Waals surface area contributed by atoms with Gasteiger partial charge in [-0.2, -0.15) is 9.90 Å². The lowest BCUT2D eigenvalue weighted by atomic mass is 10.1. The van der Waals surface area contributed by atoms with E-state index in [0.29, 0.717) is 18.8 Å². The van der Waals surface area contributed by atoms with Crippen molar-refractivity contribution < 1.29 is 9.32 Å². The van der Waals surface area contributed by atoms with Crippen LogP contribution in [0, 0.1) is 6.92 Å². The Balaban J connectivity index is 1.83. The lowest BCUT2D eigenvalue weighted by Gasteiger charge is -2.21. The van der Waals surface area contributed by atoms with Gasteiger partial charge in [-0.1, -0.05) is 5.16 Å². The molecule has 7 nitrogen and oxygen atoms in total. The Morgan fingerprint density at radius 2 is 2.40 bits per heavy atom. The van der Waals surface area contributed by atoms with Gasteiger partial charge in [-0.25, -0.2) is 0 Å². The first-order chi connectivity index (χ1) is 9.69. The van der Waals surface area contributed by atoms with Gasteiger partial charge in [-0.15, -0.1) is 5.10 Å². The summed E-state index contributed by atoms with van der Waals surface area (Å²) in [4.78, 5) is 15.8. The summed E-state index contributed by atoms with van der Waals surface area (Å²) in [6.07, 6.45) is 3.37. The maximum Gasteiger partial charge on any atom is 0.276 e. The van der Waals surface area contributed by atoms with E-state index in [1.807, 2.05) is 19.9 Å². The molecule has 0 spiro atoms. The number of aryl methyl sites for hydroxylation is 2. The third-order valence-electron chi connectivity index (χ3n) is 3.53. The third-order valence-corrected chi connectivity index (χ3v) is 3.53. The van der Waals surface area contributed by atoms with Crippen LogP contribution < -0.4 is 0 Å². The summed E-state index contributed by atoms with van der Waals surface area (Å²) < 4.78 is 5.31. The predicted molar refractivity (Wildman–Crippen MR) is 69.9 cm³/mol. The molecule has 3 heterocycles. The van der Waals surface area contributed by atoms with Gasteiger partial charge >= 0.3 is 0 Å². The zero-order valence-electron chi connectivity index (χ0n) is 11.6. The topological polar surface area (TPSA) is 77.0 Å². The lowest BCUT2D eigenvalue weighted by molar-refractivity contribution is 0.0707. The van der Waals surface area contributed by atoms with E-state index in [1.165, 1.54) is 11.0 Å². The maximum absolute atomic E-state index is 12.5. The van der Waals surface area contributed by atoms with E-state index in [0.717, 1.165) is 24.3 Å². The Morgan fingerprint density at radius 3 is 3.05 bits per heavy atom. The van der Waals surface area contributed by atoms with Gasteiger partial charge in [-0.05, 0) is 26.7 Å². The van der Waals surface area contributed by atoms with Crippen LogP contribution in [0.3, 0.4) is 0 Å². The number of likely N-dealkylation sites (tertiary alicyclic amines) is 1. The van der Waals surface area contributed by atoms with Crippen molar-refractivity contribution in [2.24, 2.45) is 0 Å². The summed E-state index contributed by atoms with van der Waals surface area (Å²) >= 11 is 0. The molecule has 3 rings (SSSR count). The average Bonchev–Trinajstić information content (AvgIpc) is 3.17. The molecule has 2 aromatic heterocycles. The van der Waals surface area contributed by atoms with Crippen LogP contribution in [-0.2, 0) is 6.54 Å². The van der Waals surface area contributed by atoms with Crippen molar-refractivity contribution in [3.63, 3.8) is 0 Å². The highest BCUT2D eigenvalue weighted by Gasteiger charge is 2.34. The predicted octanol–water partition coefficient (Wildman–Crippen LogP) is 1.57. The summed E-state index contributed by atoms with van der Waals surface area (Å²) in [5.74, 6) is 0.650. The summed E-state index contributed by atoms with van der Waals surface area (Å²) in [6.45, 7) is 5.17. The molecule has 1 unspecified atom stereocenters. The van der Waals surface area contributed by atoms with Crippen molar-refractivity contribution in [1.82, 2.24) is 25.1 Å². The second-order valence-corrected chi connectivity index (χ2v) is 4.95. The van der Waals surface area contributed by atoms with Crippen LogP contribution in [-0.4, -0.2) is 37.5 Å². The SMILES string of the molecule is CCn1ncc(C(=O)N2CCCC2c2cc(C)no2)n1. The highest BCUT2D eigenvalue weighted by Crippen LogP contribution is 2.33. The van der Waals surface area contributed by atoms with Crippen LogP contribution in [0.15, 0.2) is 16.8 Å². The smallest absolute Gasteiger partial charge is 0.276 e. The molecule has 1 atom stereocenters. The van der Waals surface area contributed by atoms with Gasteiger partial charge in [0.05, 0.1) is 24.5 Å². The van der Waals surface area contributed by atoms with Crippen molar-refractivity contribution in [3.8, 4) is 0 Å². The molecular weight excluding hydrogens is 258 g/mol. The normalized spacial score (nSPS) is 18.7. The van der Waals surface area contributed by atoms with Gasteiger partial charge < -0.3 is 9.42 Å². The van der Waals surface area contributed by atoms with E-state index >= 15 is 0 Å². The quantitative estimate of drug-likeness (QED) is 0.849. The molecule has 0 bridgehead atoms. The zero-order chi connectivity index (χ0) is 14.1. The van der Waals surface area contributed by atoms with Crippen molar-refractivity contribution in [1.29, 1.82) is 0 Å². The second-order valence-electron chi connectivity index (χ2n) is 4.95. The molecule has 0 aliphatic carbocycles. The van der Waals surface area contributed by atoms with Gasteiger partial charge in [0.15, 0.2) is 11.5 Å². The first kappa shape index (κ1) is 12.8. The highest BCUT2D eigenvalue weighted by molar-refractivity contribution is 5.92. The number of amides is 1. The number of nitrogens with zero attached hydrogens (tertiary/aromatic N) is 5. The monoisotopic (exact) mass is 275 g/mol. The number of carbonyl (C=O) groups is 1. The van der Waals surface area contributed by atoms with Gasteiger partial charge in [0.25, 0.3) is 5.91 Å². The minimum atomic E-state index is -0.0961. The van der Waals surface area contributed by atoms with Crippen LogP contribution >= 0.6 is 0 Å². The Hall–Kier alpha value is -2.18. The van der Waals surface area contributed by atoms with Crippen molar-refractivity contribution in [2.75, 3.05) is 6.54 Å². The number of rotatable bonds is 3. The Morgan fingerprint density at radius 1 is 1.55 bits per heavy atom. The molecule has 0 N–H and O–H groups in total. The standard InChI is InChI=1S/C13H17N5O2/c1-3-18-14-8-10(15-18)13(19)17-6-4-5-11(17)12-7-9(2)16-20-12/h7-8,11H,3-6H2,1-2H3. The number of aromatic nitrogens is 4. The molecule has 7 heteroatoms. The molecule has 1 aliphatic heterocycles. The Kier molecular flexibility index (Phi) is 3.25. The molecule has 106 valence electrons. The molecule has 0 aromatic carbocycles.